The Labute approximate surface area is 123 Å². The lowest BCUT2D eigenvalue weighted by Gasteiger charge is -2.34. The highest BCUT2D eigenvalue weighted by atomic mass is 32.1. The third-order valence-electron chi connectivity index (χ3n) is 3.27. The van der Waals surface area contributed by atoms with Gasteiger partial charge in [-0.15, -0.1) is 0 Å². The SMILES string of the molecule is Cc1ccc(C)c(N2CC(=O)N(CC(N)=S)C(=O)C2)c1. The molecule has 1 aliphatic rings. The molecule has 1 fully saturated rings. The molecule has 6 heteroatoms. The second kappa shape index (κ2) is 5.58. The molecule has 0 aromatic heterocycles. The van der Waals surface area contributed by atoms with Crippen molar-refractivity contribution in [3.63, 3.8) is 0 Å². The van der Waals surface area contributed by atoms with Crippen molar-refractivity contribution in [2.75, 3.05) is 24.5 Å². The van der Waals surface area contributed by atoms with Crippen LogP contribution in [0.25, 0.3) is 0 Å². The van der Waals surface area contributed by atoms with Gasteiger partial charge in [0, 0.05) is 5.69 Å². The molecule has 1 aliphatic heterocycles. The largest absolute Gasteiger partial charge is 0.392 e. The third-order valence-corrected chi connectivity index (χ3v) is 3.40. The zero-order valence-corrected chi connectivity index (χ0v) is 12.4. The summed E-state index contributed by atoms with van der Waals surface area (Å²) in [5.41, 5.74) is 8.46. The Bertz CT molecular complexity index is 568. The van der Waals surface area contributed by atoms with E-state index in [1.807, 2.05) is 32.0 Å². The normalized spacial score (nSPS) is 15.7. The Kier molecular flexibility index (Phi) is 4.04. The highest BCUT2D eigenvalue weighted by Crippen LogP contribution is 2.23. The number of nitrogens with zero attached hydrogens (tertiary/aromatic N) is 2. The van der Waals surface area contributed by atoms with Gasteiger partial charge in [-0.25, -0.2) is 0 Å². The van der Waals surface area contributed by atoms with Crippen LogP contribution < -0.4 is 10.6 Å². The molecule has 20 heavy (non-hydrogen) atoms. The Balaban J connectivity index is 2.22. The van der Waals surface area contributed by atoms with Crippen molar-refractivity contribution in [3.8, 4) is 0 Å². The summed E-state index contributed by atoms with van der Waals surface area (Å²) in [6.07, 6.45) is 0. The molecule has 2 amide bonds. The van der Waals surface area contributed by atoms with Crippen LogP contribution >= 0.6 is 12.2 Å². The van der Waals surface area contributed by atoms with Crippen molar-refractivity contribution in [2.24, 2.45) is 5.73 Å². The molecule has 1 aromatic rings. The molecule has 2 rings (SSSR count). The Morgan fingerprint density at radius 1 is 1.25 bits per heavy atom. The number of nitrogens with two attached hydrogens (primary N) is 1. The number of piperazine rings is 1. The molecule has 0 bridgehead atoms. The van der Waals surface area contributed by atoms with Gasteiger partial charge < -0.3 is 10.6 Å². The van der Waals surface area contributed by atoms with Crippen LogP contribution in [0.2, 0.25) is 0 Å². The first-order valence-electron chi connectivity index (χ1n) is 6.32. The van der Waals surface area contributed by atoms with E-state index in [2.05, 4.69) is 0 Å². The second-order valence-corrected chi connectivity index (χ2v) is 5.51. The van der Waals surface area contributed by atoms with Gasteiger partial charge in [-0.3, -0.25) is 14.5 Å². The van der Waals surface area contributed by atoms with Crippen molar-refractivity contribution in [1.82, 2.24) is 4.90 Å². The van der Waals surface area contributed by atoms with Crippen LogP contribution in [-0.2, 0) is 9.59 Å². The summed E-state index contributed by atoms with van der Waals surface area (Å²) in [7, 11) is 0. The van der Waals surface area contributed by atoms with Crippen LogP contribution in [0.3, 0.4) is 0 Å². The summed E-state index contributed by atoms with van der Waals surface area (Å²) in [6, 6.07) is 5.98. The number of carbonyl (C=O) groups is 2. The fourth-order valence-corrected chi connectivity index (χ4v) is 2.38. The number of benzene rings is 1. The van der Waals surface area contributed by atoms with E-state index in [1.165, 1.54) is 0 Å². The van der Waals surface area contributed by atoms with Gasteiger partial charge in [-0.05, 0) is 31.0 Å². The van der Waals surface area contributed by atoms with E-state index in [4.69, 9.17) is 18.0 Å². The average Bonchev–Trinajstić information content (AvgIpc) is 2.36. The van der Waals surface area contributed by atoms with Crippen molar-refractivity contribution < 1.29 is 9.59 Å². The summed E-state index contributed by atoms with van der Waals surface area (Å²) in [4.78, 5) is 27.2. The molecule has 0 radical (unpaired) electrons. The van der Waals surface area contributed by atoms with Crippen LogP contribution in [-0.4, -0.2) is 41.3 Å². The molecule has 0 unspecified atom stereocenters. The van der Waals surface area contributed by atoms with Gasteiger partial charge in [-0.2, -0.15) is 0 Å². The van der Waals surface area contributed by atoms with Gasteiger partial charge in [0.05, 0.1) is 24.6 Å². The van der Waals surface area contributed by atoms with Crippen LogP contribution in [0.4, 0.5) is 5.69 Å². The first-order chi connectivity index (χ1) is 9.38. The highest BCUT2D eigenvalue weighted by molar-refractivity contribution is 7.80. The first-order valence-corrected chi connectivity index (χ1v) is 6.73. The summed E-state index contributed by atoms with van der Waals surface area (Å²) in [6.45, 7) is 4.30. The molecule has 106 valence electrons. The van der Waals surface area contributed by atoms with Crippen molar-refractivity contribution in [3.05, 3.63) is 29.3 Å². The number of anilines is 1. The predicted octanol–water partition coefficient (Wildman–Crippen LogP) is 0.765. The Hall–Kier alpha value is -1.95. The average molecular weight is 291 g/mol. The van der Waals surface area contributed by atoms with Crippen LogP contribution in [0.5, 0.6) is 0 Å². The maximum absolute atomic E-state index is 12.1. The minimum absolute atomic E-state index is 0.0215. The van der Waals surface area contributed by atoms with Gasteiger partial charge in [0.25, 0.3) is 0 Å². The lowest BCUT2D eigenvalue weighted by Crippen LogP contribution is -2.56. The van der Waals surface area contributed by atoms with Crippen LogP contribution in [0.15, 0.2) is 18.2 Å². The fraction of sp³-hybridized carbons (Fsp3) is 0.357. The Morgan fingerprint density at radius 2 is 1.85 bits per heavy atom. The molecular formula is C14H17N3O2S. The number of amides is 2. The van der Waals surface area contributed by atoms with E-state index >= 15 is 0 Å². The first kappa shape index (κ1) is 14.5. The molecule has 0 saturated carbocycles. The molecule has 1 saturated heterocycles. The van der Waals surface area contributed by atoms with E-state index in [0.717, 1.165) is 21.7 Å². The van der Waals surface area contributed by atoms with Crippen molar-refractivity contribution in [1.29, 1.82) is 0 Å². The second-order valence-electron chi connectivity index (χ2n) is 4.99. The van der Waals surface area contributed by atoms with Gasteiger partial charge >= 0.3 is 0 Å². The maximum atomic E-state index is 12.1. The standard InChI is InChI=1S/C14H17N3O2S/c1-9-3-4-10(2)11(5-9)16-7-13(18)17(6-12(15)20)14(19)8-16/h3-5H,6-8H2,1-2H3,(H2,15,20). The number of rotatable bonds is 3. The number of aryl methyl sites for hydroxylation is 2. The quantitative estimate of drug-likeness (QED) is 0.658. The van der Waals surface area contributed by atoms with Gasteiger partial charge in [-0.1, -0.05) is 24.4 Å². The molecule has 0 aliphatic carbocycles. The summed E-state index contributed by atoms with van der Waals surface area (Å²) < 4.78 is 0. The lowest BCUT2D eigenvalue weighted by molar-refractivity contribution is -0.144. The van der Waals surface area contributed by atoms with Crippen LogP contribution in [0.1, 0.15) is 11.1 Å². The molecule has 5 nitrogen and oxygen atoms in total. The monoisotopic (exact) mass is 291 g/mol. The van der Waals surface area contributed by atoms with E-state index in [0.29, 0.717) is 0 Å². The molecule has 1 aromatic carbocycles. The predicted molar refractivity (Wildman–Crippen MR) is 81.6 cm³/mol. The molecule has 2 N–H and O–H groups in total. The number of thiocarbonyl (C=S) groups is 1. The summed E-state index contributed by atoms with van der Waals surface area (Å²) in [5, 5.41) is 0. The van der Waals surface area contributed by atoms with E-state index in [9.17, 15) is 9.59 Å². The number of carbonyl (C=O) groups excluding carboxylic acids is 2. The van der Waals surface area contributed by atoms with Gasteiger partial charge in [0.2, 0.25) is 11.8 Å². The minimum atomic E-state index is -0.269. The van der Waals surface area contributed by atoms with Gasteiger partial charge in [0.1, 0.15) is 0 Å². The Morgan fingerprint density at radius 3 is 2.40 bits per heavy atom. The molecule has 0 spiro atoms. The smallest absolute Gasteiger partial charge is 0.249 e. The maximum Gasteiger partial charge on any atom is 0.249 e. The zero-order chi connectivity index (χ0) is 14.9. The van der Waals surface area contributed by atoms with Crippen LogP contribution in [0, 0.1) is 13.8 Å². The fourth-order valence-electron chi connectivity index (χ4n) is 2.25. The summed E-state index contributed by atoms with van der Waals surface area (Å²) >= 11 is 4.76. The van der Waals surface area contributed by atoms with Crippen molar-refractivity contribution >= 4 is 34.7 Å². The minimum Gasteiger partial charge on any atom is -0.392 e. The zero-order valence-electron chi connectivity index (χ0n) is 11.5. The molecule has 0 atom stereocenters. The third kappa shape index (κ3) is 2.96. The number of hydrogen-bond acceptors (Lipinski definition) is 4. The molecular weight excluding hydrogens is 274 g/mol. The van der Waals surface area contributed by atoms with Gasteiger partial charge in [0.15, 0.2) is 0 Å². The lowest BCUT2D eigenvalue weighted by atomic mass is 10.1. The number of hydrogen-bond donors (Lipinski definition) is 1. The summed E-state index contributed by atoms with van der Waals surface area (Å²) in [5.74, 6) is -0.537. The molecule has 1 heterocycles. The van der Waals surface area contributed by atoms with E-state index < -0.39 is 0 Å². The topological polar surface area (TPSA) is 66.6 Å². The van der Waals surface area contributed by atoms with Crippen molar-refractivity contribution in [2.45, 2.75) is 13.8 Å². The highest BCUT2D eigenvalue weighted by Gasteiger charge is 2.31. The van der Waals surface area contributed by atoms with E-state index in [-0.39, 0.29) is 36.4 Å². The van der Waals surface area contributed by atoms with E-state index in [1.54, 1.807) is 4.90 Å². The number of imide groups is 1.